The number of halogens is 1. The molecule has 2 nitrogen and oxygen atoms in total. The highest BCUT2D eigenvalue weighted by Gasteiger charge is 2.50. The molecule has 1 aliphatic rings. The van der Waals surface area contributed by atoms with Gasteiger partial charge in [0, 0.05) is 16.1 Å². The van der Waals surface area contributed by atoms with Crippen LogP contribution >= 0.6 is 15.9 Å². The van der Waals surface area contributed by atoms with Crippen LogP contribution in [0.5, 0.6) is 0 Å². The van der Waals surface area contributed by atoms with Gasteiger partial charge in [-0.3, -0.25) is 4.79 Å². The van der Waals surface area contributed by atoms with Crippen LogP contribution in [0, 0.1) is 18.3 Å². The van der Waals surface area contributed by atoms with E-state index in [9.17, 15) is 4.79 Å². The number of hydrogen-bond acceptors (Lipinski definition) is 1. The fraction of sp³-hybridized carbons (Fsp3) is 0.462. The van der Waals surface area contributed by atoms with Gasteiger partial charge in [-0.1, -0.05) is 29.8 Å². The van der Waals surface area contributed by atoms with E-state index in [1.54, 1.807) is 0 Å². The molecule has 16 heavy (non-hydrogen) atoms. The lowest BCUT2D eigenvalue weighted by atomic mass is 10.1. The molecule has 1 aromatic rings. The zero-order chi connectivity index (χ0) is 11.9. The molecule has 86 valence electrons. The van der Waals surface area contributed by atoms with E-state index in [1.807, 2.05) is 25.1 Å². The predicted molar refractivity (Wildman–Crippen MR) is 69.4 cm³/mol. The van der Waals surface area contributed by atoms with Gasteiger partial charge in [0.25, 0.3) is 0 Å². The number of carbonyl (C=O) groups is 1. The highest BCUT2D eigenvalue weighted by molar-refractivity contribution is 9.10. The molecule has 1 atom stereocenters. The molecule has 1 N–H and O–H groups in total. The van der Waals surface area contributed by atoms with Crippen molar-refractivity contribution in [1.82, 2.24) is 0 Å². The quantitative estimate of drug-likeness (QED) is 0.879. The van der Waals surface area contributed by atoms with E-state index in [-0.39, 0.29) is 17.2 Å². The second-order valence-corrected chi connectivity index (χ2v) is 6.17. The van der Waals surface area contributed by atoms with Crippen LogP contribution in [0.4, 0.5) is 5.69 Å². The van der Waals surface area contributed by atoms with Crippen molar-refractivity contribution in [1.29, 1.82) is 0 Å². The monoisotopic (exact) mass is 281 g/mol. The van der Waals surface area contributed by atoms with E-state index in [1.165, 1.54) is 0 Å². The van der Waals surface area contributed by atoms with Gasteiger partial charge in [0.05, 0.1) is 0 Å². The SMILES string of the molecule is Cc1cc(Br)cc(NC(=O)C2CC2(C)C)c1. The molecular weight excluding hydrogens is 266 g/mol. The third-order valence-corrected chi connectivity index (χ3v) is 3.60. The standard InChI is InChI=1S/C13H16BrNO/c1-8-4-9(14)6-10(5-8)15-12(16)11-7-13(11,2)3/h4-6,11H,7H2,1-3H3,(H,15,16). The molecule has 0 saturated heterocycles. The van der Waals surface area contributed by atoms with Crippen molar-refractivity contribution in [3.05, 3.63) is 28.2 Å². The molecule has 2 rings (SSSR count). The first kappa shape index (κ1) is 11.6. The maximum atomic E-state index is 11.9. The van der Waals surface area contributed by atoms with Crippen LogP contribution in [-0.4, -0.2) is 5.91 Å². The Balaban J connectivity index is 2.07. The van der Waals surface area contributed by atoms with Gasteiger partial charge in [0.2, 0.25) is 5.91 Å². The molecule has 1 aliphatic carbocycles. The summed E-state index contributed by atoms with van der Waals surface area (Å²) in [5, 5.41) is 2.97. The number of carbonyl (C=O) groups excluding carboxylic acids is 1. The summed E-state index contributed by atoms with van der Waals surface area (Å²) in [6.45, 7) is 6.27. The number of hydrogen-bond donors (Lipinski definition) is 1. The third kappa shape index (κ3) is 2.46. The lowest BCUT2D eigenvalue weighted by Gasteiger charge is -2.08. The minimum absolute atomic E-state index is 0.141. The van der Waals surface area contributed by atoms with Gasteiger partial charge < -0.3 is 5.32 Å². The number of anilines is 1. The summed E-state index contributed by atoms with van der Waals surface area (Å²) in [4.78, 5) is 11.9. The van der Waals surface area contributed by atoms with Crippen molar-refractivity contribution in [2.24, 2.45) is 11.3 Å². The lowest BCUT2D eigenvalue weighted by Crippen LogP contribution is -2.16. The number of aryl methyl sites for hydroxylation is 1. The van der Waals surface area contributed by atoms with Crippen molar-refractivity contribution >= 4 is 27.5 Å². The van der Waals surface area contributed by atoms with Crippen molar-refractivity contribution in [3.8, 4) is 0 Å². The molecule has 0 radical (unpaired) electrons. The van der Waals surface area contributed by atoms with E-state index >= 15 is 0 Å². The Morgan fingerprint density at radius 2 is 2.06 bits per heavy atom. The fourth-order valence-electron chi connectivity index (χ4n) is 1.95. The highest BCUT2D eigenvalue weighted by atomic mass is 79.9. The molecule has 1 unspecified atom stereocenters. The van der Waals surface area contributed by atoms with Crippen molar-refractivity contribution in [2.45, 2.75) is 27.2 Å². The number of amides is 1. The second kappa shape index (κ2) is 3.88. The molecule has 1 fully saturated rings. The third-order valence-electron chi connectivity index (χ3n) is 3.14. The average molecular weight is 282 g/mol. The van der Waals surface area contributed by atoms with Crippen molar-refractivity contribution in [2.75, 3.05) is 5.32 Å². The molecule has 0 heterocycles. The first-order valence-electron chi connectivity index (χ1n) is 5.46. The molecule has 0 aromatic heterocycles. The summed E-state index contributed by atoms with van der Waals surface area (Å²) in [5.74, 6) is 0.314. The van der Waals surface area contributed by atoms with Gasteiger partial charge in [-0.05, 0) is 42.5 Å². The van der Waals surface area contributed by atoms with Gasteiger partial charge >= 0.3 is 0 Å². The fourth-order valence-corrected chi connectivity index (χ4v) is 2.56. The molecule has 1 saturated carbocycles. The van der Waals surface area contributed by atoms with Gasteiger partial charge in [-0.15, -0.1) is 0 Å². The summed E-state index contributed by atoms with van der Waals surface area (Å²) in [6, 6.07) is 5.94. The molecule has 0 aliphatic heterocycles. The van der Waals surface area contributed by atoms with Crippen LogP contribution in [0.3, 0.4) is 0 Å². The number of benzene rings is 1. The normalized spacial score (nSPS) is 21.6. The van der Waals surface area contributed by atoms with E-state index in [0.717, 1.165) is 22.1 Å². The van der Waals surface area contributed by atoms with Gasteiger partial charge in [0.15, 0.2) is 0 Å². The molecule has 0 bridgehead atoms. The second-order valence-electron chi connectivity index (χ2n) is 5.25. The van der Waals surface area contributed by atoms with E-state index in [0.29, 0.717) is 0 Å². The Bertz CT molecular complexity index is 419. The number of rotatable bonds is 2. The summed E-state index contributed by atoms with van der Waals surface area (Å²) < 4.78 is 0.998. The summed E-state index contributed by atoms with van der Waals surface area (Å²) >= 11 is 3.43. The smallest absolute Gasteiger partial charge is 0.228 e. The minimum Gasteiger partial charge on any atom is -0.326 e. The Morgan fingerprint density at radius 1 is 1.44 bits per heavy atom. The van der Waals surface area contributed by atoms with Gasteiger partial charge in [-0.25, -0.2) is 0 Å². The Morgan fingerprint density at radius 3 is 2.56 bits per heavy atom. The van der Waals surface area contributed by atoms with Crippen LogP contribution in [-0.2, 0) is 4.79 Å². The number of nitrogens with one attached hydrogen (secondary N) is 1. The lowest BCUT2D eigenvalue weighted by molar-refractivity contribution is -0.117. The van der Waals surface area contributed by atoms with E-state index in [4.69, 9.17) is 0 Å². The van der Waals surface area contributed by atoms with Gasteiger partial charge in [0.1, 0.15) is 0 Å². The first-order chi connectivity index (χ1) is 7.38. The first-order valence-corrected chi connectivity index (χ1v) is 6.26. The maximum absolute atomic E-state index is 11.9. The van der Waals surface area contributed by atoms with Crippen LogP contribution in [0.2, 0.25) is 0 Å². The molecule has 0 spiro atoms. The van der Waals surface area contributed by atoms with Crippen molar-refractivity contribution < 1.29 is 4.79 Å². The minimum atomic E-state index is 0.141. The van der Waals surface area contributed by atoms with Crippen LogP contribution in [0.15, 0.2) is 22.7 Å². The van der Waals surface area contributed by atoms with Crippen LogP contribution in [0.1, 0.15) is 25.8 Å². The van der Waals surface area contributed by atoms with Crippen molar-refractivity contribution in [3.63, 3.8) is 0 Å². The topological polar surface area (TPSA) is 29.1 Å². The zero-order valence-electron chi connectivity index (χ0n) is 9.80. The molecule has 1 aromatic carbocycles. The van der Waals surface area contributed by atoms with E-state index in [2.05, 4.69) is 35.1 Å². The maximum Gasteiger partial charge on any atom is 0.228 e. The summed E-state index contributed by atoms with van der Waals surface area (Å²) in [7, 11) is 0. The Labute approximate surface area is 105 Å². The van der Waals surface area contributed by atoms with Crippen LogP contribution < -0.4 is 5.32 Å². The van der Waals surface area contributed by atoms with Gasteiger partial charge in [-0.2, -0.15) is 0 Å². The molecular formula is C13H16BrNO. The largest absolute Gasteiger partial charge is 0.326 e. The summed E-state index contributed by atoms with van der Waals surface area (Å²) in [5.41, 5.74) is 2.20. The Kier molecular flexibility index (Phi) is 2.82. The average Bonchev–Trinajstić information content (AvgIpc) is 2.73. The van der Waals surface area contributed by atoms with Crippen LogP contribution in [0.25, 0.3) is 0 Å². The molecule has 3 heteroatoms. The summed E-state index contributed by atoms with van der Waals surface area (Å²) in [6.07, 6.45) is 0.992. The molecule has 1 amide bonds. The van der Waals surface area contributed by atoms with E-state index < -0.39 is 0 Å². The zero-order valence-corrected chi connectivity index (χ0v) is 11.4. The highest BCUT2D eigenvalue weighted by Crippen LogP contribution is 2.52. The Hall–Kier alpha value is -0.830. The predicted octanol–water partition coefficient (Wildman–Crippen LogP) is 3.74.